The molecule has 1 aliphatic rings. The SMILES string of the molecule is Cc1cc2c3c(c4ccccc4c2[nH]1)CC3. The fraction of sp³-hybridized carbons (Fsp3) is 0.200. The van der Waals surface area contributed by atoms with Crippen LogP contribution in [0.15, 0.2) is 30.3 Å². The average molecular weight is 207 g/mol. The standard InChI is InChI=1S/C15H13N/c1-9-8-14-12-7-6-11(12)10-4-2-3-5-13(10)15(14)16-9/h2-5,8,16H,6-7H2,1H3. The Labute approximate surface area is 94.1 Å². The number of rotatable bonds is 0. The van der Waals surface area contributed by atoms with Crippen molar-refractivity contribution in [1.82, 2.24) is 4.98 Å². The summed E-state index contributed by atoms with van der Waals surface area (Å²) in [6.07, 6.45) is 2.49. The minimum absolute atomic E-state index is 1.24. The quantitative estimate of drug-likeness (QED) is 0.578. The Morgan fingerprint density at radius 2 is 1.62 bits per heavy atom. The second-order valence-electron chi connectivity index (χ2n) is 4.74. The second kappa shape index (κ2) is 2.67. The van der Waals surface area contributed by atoms with Crippen molar-refractivity contribution >= 4 is 21.7 Å². The van der Waals surface area contributed by atoms with E-state index in [4.69, 9.17) is 0 Å². The van der Waals surface area contributed by atoms with Gasteiger partial charge in [0.1, 0.15) is 0 Å². The van der Waals surface area contributed by atoms with Crippen LogP contribution in [0.4, 0.5) is 0 Å². The van der Waals surface area contributed by atoms with Crippen molar-refractivity contribution in [2.24, 2.45) is 0 Å². The molecule has 16 heavy (non-hydrogen) atoms. The van der Waals surface area contributed by atoms with Crippen LogP contribution in [0.1, 0.15) is 16.8 Å². The lowest BCUT2D eigenvalue weighted by Gasteiger charge is -2.22. The number of hydrogen-bond acceptors (Lipinski definition) is 0. The van der Waals surface area contributed by atoms with E-state index in [1.807, 2.05) is 0 Å². The van der Waals surface area contributed by atoms with Gasteiger partial charge in [0.2, 0.25) is 0 Å². The van der Waals surface area contributed by atoms with Crippen molar-refractivity contribution in [3.05, 3.63) is 47.2 Å². The maximum absolute atomic E-state index is 3.50. The lowest BCUT2D eigenvalue weighted by molar-refractivity contribution is 0.864. The third kappa shape index (κ3) is 0.867. The highest BCUT2D eigenvalue weighted by Gasteiger charge is 2.21. The van der Waals surface area contributed by atoms with Gasteiger partial charge in [-0.2, -0.15) is 0 Å². The van der Waals surface area contributed by atoms with Crippen LogP contribution in [0.25, 0.3) is 21.7 Å². The molecule has 1 aliphatic carbocycles. The minimum atomic E-state index is 1.24. The number of aromatic amines is 1. The van der Waals surface area contributed by atoms with Crippen LogP contribution in [-0.2, 0) is 12.8 Å². The van der Waals surface area contributed by atoms with E-state index in [2.05, 4.69) is 42.2 Å². The van der Waals surface area contributed by atoms with Crippen LogP contribution >= 0.6 is 0 Å². The molecule has 1 nitrogen and oxygen atoms in total. The van der Waals surface area contributed by atoms with Gasteiger partial charge in [0.15, 0.2) is 0 Å². The zero-order chi connectivity index (χ0) is 10.7. The lowest BCUT2D eigenvalue weighted by Crippen LogP contribution is -2.09. The van der Waals surface area contributed by atoms with Crippen LogP contribution in [0.2, 0.25) is 0 Å². The summed E-state index contributed by atoms with van der Waals surface area (Å²) in [5, 5.41) is 4.26. The van der Waals surface area contributed by atoms with Crippen LogP contribution in [-0.4, -0.2) is 4.98 Å². The fourth-order valence-electron chi connectivity index (χ4n) is 2.97. The molecule has 1 aromatic heterocycles. The molecule has 0 aliphatic heterocycles. The van der Waals surface area contributed by atoms with Gasteiger partial charge < -0.3 is 4.98 Å². The highest BCUT2D eigenvalue weighted by Crippen LogP contribution is 2.38. The molecule has 3 aromatic rings. The molecule has 0 bridgehead atoms. The lowest BCUT2D eigenvalue weighted by atomic mass is 9.82. The Hall–Kier alpha value is -1.76. The number of H-pyrrole nitrogens is 1. The number of hydrogen-bond donors (Lipinski definition) is 1. The third-order valence-electron chi connectivity index (χ3n) is 3.79. The van der Waals surface area contributed by atoms with Gasteiger partial charge in [-0.05, 0) is 42.3 Å². The largest absolute Gasteiger partial charge is 0.358 e. The number of aryl methyl sites for hydroxylation is 3. The first-order valence-electron chi connectivity index (χ1n) is 5.86. The molecule has 0 saturated carbocycles. The molecular formula is C15H13N. The fourth-order valence-corrected chi connectivity index (χ4v) is 2.97. The summed E-state index contributed by atoms with van der Waals surface area (Å²) in [4.78, 5) is 3.50. The molecule has 0 radical (unpaired) electrons. The Morgan fingerprint density at radius 3 is 2.38 bits per heavy atom. The zero-order valence-corrected chi connectivity index (χ0v) is 9.30. The number of nitrogens with one attached hydrogen (secondary N) is 1. The van der Waals surface area contributed by atoms with Gasteiger partial charge in [-0.15, -0.1) is 0 Å². The number of aromatic nitrogens is 1. The smallest absolute Gasteiger partial charge is 0.0538 e. The first kappa shape index (κ1) is 8.40. The average Bonchev–Trinajstić information content (AvgIpc) is 2.59. The van der Waals surface area contributed by atoms with E-state index in [1.165, 1.54) is 40.2 Å². The third-order valence-corrected chi connectivity index (χ3v) is 3.79. The summed E-state index contributed by atoms with van der Waals surface area (Å²) in [5.41, 5.74) is 5.73. The van der Waals surface area contributed by atoms with Crippen molar-refractivity contribution in [1.29, 1.82) is 0 Å². The molecule has 1 heterocycles. The zero-order valence-electron chi connectivity index (χ0n) is 9.30. The van der Waals surface area contributed by atoms with Crippen LogP contribution in [0.5, 0.6) is 0 Å². The summed E-state index contributed by atoms with van der Waals surface area (Å²) in [6.45, 7) is 2.14. The molecule has 0 fully saturated rings. The van der Waals surface area contributed by atoms with Crippen molar-refractivity contribution < 1.29 is 0 Å². The Bertz CT molecular complexity index is 719. The number of benzene rings is 2. The summed E-state index contributed by atoms with van der Waals surface area (Å²) in [5.74, 6) is 0. The molecule has 2 aromatic carbocycles. The van der Waals surface area contributed by atoms with Gasteiger partial charge in [0, 0.05) is 16.5 Å². The summed E-state index contributed by atoms with van der Waals surface area (Å²) >= 11 is 0. The van der Waals surface area contributed by atoms with Crippen LogP contribution in [0.3, 0.4) is 0 Å². The summed E-state index contributed by atoms with van der Waals surface area (Å²) < 4.78 is 0. The maximum Gasteiger partial charge on any atom is 0.0538 e. The summed E-state index contributed by atoms with van der Waals surface area (Å²) in [6, 6.07) is 11.0. The molecular weight excluding hydrogens is 194 g/mol. The van der Waals surface area contributed by atoms with Crippen molar-refractivity contribution in [2.75, 3.05) is 0 Å². The molecule has 0 spiro atoms. The van der Waals surface area contributed by atoms with Gasteiger partial charge in [0.05, 0.1) is 5.52 Å². The van der Waals surface area contributed by atoms with E-state index < -0.39 is 0 Å². The van der Waals surface area contributed by atoms with Gasteiger partial charge >= 0.3 is 0 Å². The Morgan fingerprint density at radius 1 is 0.938 bits per heavy atom. The molecule has 0 unspecified atom stereocenters. The van der Waals surface area contributed by atoms with E-state index in [9.17, 15) is 0 Å². The van der Waals surface area contributed by atoms with Gasteiger partial charge in [0.25, 0.3) is 0 Å². The maximum atomic E-state index is 3.50. The molecule has 4 rings (SSSR count). The van der Waals surface area contributed by atoms with Crippen molar-refractivity contribution in [3.8, 4) is 0 Å². The van der Waals surface area contributed by atoms with Crippen LogP contribution in [0, 0.1) is 6.92 Å². The van der Waals surface area contributed by atoms with Gasteiger partial charge in [-0.25, -0.2) is 0 Å². The van der Waals surface area contributed by atoms with Crippen molar-refractivity contribution in [3.63, 3.8) is 0 Å². The van der Waals surface area contributed by atoms with E-state index in [0.717, 1.165) is 0 Å². The first-order chi connectivity index (χ1) is 7.84. The monoisotopic (exact) mass is 207 g/mol. The van der Waals surface area contributed by atoms with Crippen LogP contribution < -0.4 is 0 Å². The molecule has 1 heteroatoms. The highest BCUT2D eigenvalue weighted by molar-refractivity contribution is 6.10. The normalized spacial score (nSPS) is 14.1. The van der Waals surface area contributed by atoms with E-state index in [0.29, 0.717) is 0 Å². The van der Waals surface area contributed by atoms with E-state index in [-0.39, 0.29) is 0 Å². The molecule has 0 saturated heterocycles. The predicted molar refractivity (Wildman–Crippen MR) is 67.9 cm³/mol. The second-order valence-corrected chi connectivity index (χ2v) is 4.74. The highest BCUT2D eigenvalue weighted by atomic mass is 14.7. The molecule has 78 valence electrons. The molecule has 1 N–H and O–H groups in total. The minimum Gasteiger partial charge on any atom is -0.358 e. The Balaban J connectivity index is 2.36. The Kier molecular flexibility index (Phi) is 1.40. The van der Waals surface area contributed by atoms with Gasteiger partial charge in [-0.3, -0.25) is 0 Å². The van der Waals surface area contributed by atoms with Gasteiger partial charge in [-0.1, -0.05) is 24.3 Å². The predicted octanol–water partition coefficient (Wildman–Crippen LogP) is 3.73. The number of fused-ring (bicyclic) bond motifs is 6. The first-order valence-corrected chi connectivity index (χ1v) is 5.86. The topological polar surface area (TPSA) is 15.8 Å². The summed E-state index contributed by atoms with van der Waals surface area (Å²) in [7, 11) is 0. The van der Waals surface area contributed by atoms with E-state index in [1.54, 1.807) is 11.1 Å². The molecule has 0 amide bonds. The van der Waals surface area contributed by atoms with Crippen molar-refractivity contribution in [2.45, 2.75) is 19.8 Å². The molecule has 0 atom stereocenters. The van der Waals surface area contributed by atoms with E-state index >= 15 is 0 Å².